The Morgan fingerprint density at radius 1 is 1.12 bits per heavy atom. The Morgan fingerprint density at radius 2 is 1.70 bits per heavy atom. The van der Waals surface area contributed by atoms with Crippen molar-refractivity contribution in [2.24, 2.45) is 0 Å². The molecule has 0 aromatic heterocycles. The Kier molecular flexibility index (Phi) is 11.1. The predicted molar refractivity (Wildman–Crippen MR) is 124 cm³/mol. The van der Waals surface area contributed by atoms with Crippen LogP contribution in [-0.2, 0) is 14.8 Å². The van der Waals surface area contributed by atoms with Crippen LogP contribution < -0.4 is 10.1 Å². The third kappa shape index (κ3) is 8.92. The highest BCUT2D eigenvalue weighted by Crippen LogP contribution is 2.24. The number of sulfonamides is 1. The van der Waals surface area contributed by atoms with Crippen LogP contribution in [0.2, 0.25) is 0 Å². The molecular formula is C22H33N3O7S. The summed E-state index contributed by atoms with van der Waals surface area (Å²) in [4.78, 5) is 23.3. The third-order valence-electron chi connectivity index (χ3n) is 4.47. The van der Waals surface area contributed by atoms with Gasteiger partial charge in [0, 0.05) is 25.2 Å². The maximum Gasteiger partial charge on any atom is 0.407 e. The number of carbonyl (C=O) groups is 2. The van der Waals surface area contributed by atoms with Crippen molar-refractivity contribution in [3.05, 3.63) is 24.3 Å². The molecule has 184 valence electrons. The molecular weight excluding hydrogens is 450 g/mol. The lowest BCUT2D eigenvalue weighted by Gasteiger charge is -2.37. The van der Waals surface area contributed by atoms with Crippen molar-refractivity contribution >= 4 is 22.1 Å². The van der Waals surface area contributed by atoms with Crippen LogP contribution >= 0.6 is 0 Å². The minimum Gasteiger partial charge on any atom is -0.481 e. The highest BCUT2D eigenvalue weighted by atomic mass is 32.2. The van der Waals surface area contributed by atoms with Crippen molar-refractivity contribution < 1.29 is 33.0 Å². The quantitative estimate of drug-likeness (QED) is 0.501. The van der Waals surface area contributed by atoms with E-state index in [4.69, 9.17) is 9.84 Å². The first-order chi connectivity index (χ1) is 15.4. The van der Waals surface area contributed by atoms with Gasteiger partial charge in [-0.3, -0.25) is 4.79 Å². The summed E-state index contributed by atoms with van der Waals surface area (Å²) in [5, 5.41) is 21.6. The number of carboxylic acid groups (broad SMARTS) is 2. The standard InChI is InChI=1S/C16H18N2O7S.C6H15N/c1-2-3-10-25-12-4-6-13(7-5-12)26(23,24)18-9-8-17(16(21)22)11-14(18)15(19)20;1-5(2)7-6(3)4/h4-7,14H,8-11H2,1H3,(H,19,20)(H,21,22);5-7H,1-4H3. The number of nitrogens with zero attached hydrogens (tertiary/aromatic N) is 2. The Balaban J connectivity index is 0.000000675. The van der Waals surface area contributed by atoms with Crippen LogP contribution in [0.4, 0.5) is 4.79 Å². The molecule has 0 aliphatic carbocycles. The number of piperazine rings is 1. The van der Waals surface area contributed by atoms with E-state index in [9.17, 15) is 23.1 Å². The second-order valence-electron chi connectivity index (χ2n) is 7.86. The lowest BCUT2D eigenvalue weighted by atomic mass is 10.2. The Labute approximate surface area is 195 Å². The van der Waals surface area contributed by atoms with Gasteiger partial charge in [-0.1, -0.05) is 33.6 Å². The first-order valence-corrected chi connectivity index (χ1v) is 11.9. The fourth-order valence-corrected chi connectivity index (χ4v) is 4.70. The topological polar surface area (TPSA) is 136 Å². The number of nitrogens with one attached hydrogen (secondary N) is 1. The number of ether oxygens (including phenoxy) is 1. The molecule has 2 rings (SSSR count). The molecule has 1 aliphatic rings. The van der Waals surface area contributed by atoms with E-state index < -0.39 is 34.7 Å². The molecule has 0 saturated carbocycles. The lowest BCUT2D eigenvalue weighted by molar-refractivity contribution is -0.142. The average molecular weight is 484 g/mol. The summed E-state index contributed by atoms with van der Waals surface area (Å²) >= 11 is 0. The largest absolute Gasteiger partial charge is 0.481 e. The first-order valence-electron chi connectivity index (χ1n) is 10.5. The fourth-order valence-electron chi connectivity index (χ4n) is 3.13. The molecule has 1 aromatic rings. The molecule has 0 bridgehead atoms. The first kappa shape index (κ1) is 28.2. The van der Waals surface area contributed by atoms with Crippen LogP contribution in [0.15, 0.2) is 29.2 Å². The van der Waals surface area contributed by atoms with E-state index in [1.165, 1.54) is 24.3 Å². The lowest BCUT2D eigenvalue weighted by Crippen LogP contribution is -2.59. The normalized spacial score (nSPS) is 16.5. The van der Waals surface area contributed by atoms with E-state index in [1.807, 2.05) is 0 Å². The molecule has 10 nitrogen and oxygen atoms in total. The summed E-state index contributed by atoms with van der Waals surface area (Å²) < 4.78 is 31.7. The van der Waals surface area contributed by atoms with E-state index in [0.717, 1.165) is 9.21 Å². The second-order valence-corrected chi connectivity index (χ2v) is 9.75. The van der Waals surface area contributed by atoms with Crippen LogP contribution in [0.25, 0.3) is 0 Å². The predicted octanol–water partition coefficient (Wildman–Crippen LogP) is 1.92. The molecule has 1 aliphatic heterocycles. The molecule has 1 heterocycles. The maximum absolute atomic E-state index is 12.8. The molecule has 1 saturated heterocycles. The smallest absolute Gasteiger partial charge is 0.407 e. The summed E-state index contributed by atoms with van der Waals surface area (Å²) in [6.45, 7) is 9.68. The van der Waals surface area contributed by atoms with Crippen molar-refractivity contribution in [3.8, 4) is 17.6 Å². The Hall–Kier alpha value is -2.81. The van der Waals surface area contributed by atoms with Gasteiger partial charge >= 0.3 is 12.1 Å². The molecule has 0 spiro atoms. The summed E-state index contributed by atoms with van der Waals surface area (Å²) in [5.74, 6) is 4.40. The number of hydrogen-bond donors (Lipinski definition) is 3. The number of rotatable bonds is 7. The van der Waals surface area contributed by atoms with E-state index in [0.29, 0.717) is 17.8 Å². The summed E-state index contributed by atoms with van der Waals surface area (Å²) in [5.41, 5.74) is 0. The van der Waals surface area contributed by atoms with E-state index in [1.54, 1.807) is 6.92 Å². The number of aliphatic carboxylic acids is 1. The molecule has 1 atom stereocenters. The van der Waals surface area contributed by atoms with Crippen molar-refractivity contribution in [1.82, 2.24) is 14.5 Å². The third-order valence-corrected chi connectivity index (χ3v) is 6.39. The number of hydrogen-bond acceptors (Lipinski definition) is 6. The highest BCUT2D eigenvalue weighted by Gasteiger charge is 2.41. The van der Waals surface area contributed by atoms with E-state index in [-0.39, 0.29) is 24.6 Å². The summed E-state index contributed by atoms with van der Waals surface area (Å²) in [6.07, 6.45) is -1.29. The SMILES string of the molecule is CC#CCOc1ccc(S(=O)(=O)N2CCN(C(=O)O)CC2C(=O)O)cc1.CC(C)NC(C)C. The molecule has 3 N–H and O–H groups in total. The van der Waals surface area contributed by atoms with Gasteiger partial charge in [-0.2, -0.15) is 4.31 Å². The van der Waals surface area contributed by atoms with Crippen LogP contribution in [0, 0.1) is 11.8 Å². The van der Waals surface area contributed by atoms with Crippen LogP contribution in [0.1, 0.15) is 34.6 Å². The molecule has 1 fully saturated rings. The average Bonchev–Trinajstić information content (AvgIpc) is 2.73. The molecule has 11 heteroatoms. The van der Waals surface area contributed by atoms with Gasteiger partial charge in [0.15, 0.2) is 0 Å². The molecule has 1 unspecified atom stereocenters. The Bertz CT molecular complexity index is 944. The van der Waals surface area contributed by atoms with E-state index >= 15 is 0 Å². The van der Waals surface area contributed by atoms with Gasteiger partial charge in [-0.25, -0.2) is 13.2 Å². The maximum atomic E-state index is 12.8. The van der Waals surface area contributed by atoms with Gasteiger partial charge in [-0.05, 0) is 31.2 Å². The zero-order valence-corrected chi connectivity index (χ0v) is 20.4. The molecule has 0 radical (unpaired) electrons. The summed E-state index contributed by atoms with van der Waals surface area (Å²) in [6, 6.07) is 5.29. The van der Waals surface area contributed by atoms with Gasteiger partial charge in [0.2, 0.25) is 10.0 Å². The number of carboxylic acids is 1. The highest BCUT2D eigenvalue weighted by molar-refractivity contribution is 7.89. The van der Waals surface area contributed by atoms with Gasteiger partial charge in [-0.15, -0.1) is 5.92 Å². The molecule has 1 amide bonds. The van der Waals surface area contributed by atoms with Gasteiger partial charge < -0.3 is 25.2 Å². The molecule has 33 heavy (non-hydrogen) atoms. The van der Waals surface area contributed by atoms with Gasteiger partial charge in [0.1, 0.15) is 18.4 Å². The van der Waals surface area contributed by atoms with Crippen molar-refractivity contribution in [2.75, 3.05) is 26.2 Å². The zero-order chi connectivity index (χ0) is 25.2. The minimum absolute atomic E-state index is 0.0959. The Morgan fingerprint density at radius 3 is 2.12 bits per heavy atom. The molecule has 1 aromatic carbocycles. The fraction of sp³-hybridized carbons (Fsp3) is 0.545. The van der Waals surface area contributed by atoms with Crippen LogP contribution in [0.3, 0.4) is 0 Å². The minimum atomic E-state index is -4.10. The van der Waals surface area contributed by atoms with Crippen LogP contribution in [0.5, 0.6) is 5.75 Å². The summed E-state index contributed by atoms with van der Waals surface area (Å²) in [7, 11) is -4.10. The van der Waals surface area contributed by atoms with Gasteiger partial charge in [0.05, 0.1) is 11.4 Å². The van der Waals surface area contributed by atoms with Crippen molar-refractivity contribution in [1.29, 1.82) is 0 Å². The van der Waals surface area contributed by atoms with E-state index in [2.05, 4.69) is 44.9 Å². The number of benzene rings is 1. The monoisotopic (exact) mass is 483 g/mol. The second kappa shape index (κ2) is 13.0. The zero-order valence-electron chi connectivity index (χ0n) is 19.6. The number of amides is 1. The van der Waals surface area contributed by atoms with Crippen molar-refractivity contribution in [3.63, 3.8) is 0 Å². The van der Waals surface area contributed by atoms with Crippen molar-refractivity contribution in [2.45, 2.75) is 57.6 Å². The van der Waals surface area contributed by atoms with Gasteiger partial charge in [0.25, 0.3) is 0 Å². The van der Waals surface area contributed by atoms with Crippen LogP contribution in [-0.4, -0.2) is 84.3 Å².